The van der Waals surface area contributed by atoms with Gasteiger partial charge >= 0.3 is 0 Å². The predicted molar refractivity (Wildman–Crippen MR) is 71.6 cm³/mol. The Morgan fingerprint density at radius 2 is 2.17 bits per heavy atom. The van der Waals surface area contributed by atoms with Gasteiger partial charge in [-0.3, -0.25) is 0 Å². The summed E-state index contributed by atoms with van der Waals surface area (Å²) in [5.74, 6) is 0.0986. The normalized spacial score (nSPS) is 13.6. The van der Waals surface area contributed by atoms with E-state index in [1.54, 1.807) is 6.07 Å². The topological polar surface area (TPSA) is 90.9 Å². The summed E-state index contributed by atoms with van der Waals surface area (Å²) in [4.78, 5) is 0. The van der Waals surface area contributed by atoms with Gasteiger partial charge in [0.25, 0.3) is 0 Å². The molecule has 0 aliphatic heterocycles. The van der Waals surface area contributed by atoms with E-state index in [0.717, 1.165) is 18.4 Å². The highest BCUT2D eigenvalue weighted by atomic mass is 16.4. The second-order valence-corrected chi connectivity index (χ2v) is 4.22. The molecule has 1 aromatic carbocycles. The minimum atomic E-state index is -0.328. The number of nitrogens with one attached hydrogen (secondary N) is 1. The second-order valence-electron chi connectivity index (χ2n) is 4.22. The van der Waals surface area contributed by atoms with Crippen LogP contribution in [0.2, 0.25) is 0 Å². The number of nitrogens with two attached hydrogens (primary N) is 1. The lowest BCUT2D eigenvalue weighted by Gasteiger charge is -2.12. The SMILES string of the molecule is CCCC(O)CNCc1ccccc1/C(N)=N/O. The first-order valence-corrected chi connectivity index (χ1v) is 6.13. The average Bonchev–Trinajstić information content (AvgIpc) is 2.39. The van der Waals surface area contributed by atoms with Crippen molar-refractivity contribution in [2.24, 2.45) is 10.9 Å². The van der Waals surface area contributed by atoms with E-state index < -0.39 is 0 Å². The van der Waals surface area contributed by atoms with Crippen molar-refractivity contribution in [3.63, 3.8) is 0 Å². The summed E-state index contributed by atoms with van der Waals surface area (Å²) in [6.45, 7) is 3.16. The number of nitrogens with zero attached hydrogens (tertiary/aromatic N) is 1. The van der Waals surface area contributed by atoms with Crippen molar-refractivity contribution >= 4 is 5.84 Å². The number of aliphatic hydroxyl groups is 1. The third-order valence-electron chi connectivity index (χ3n) is 2.72. The minimum absolute atomic E-state index is 0.0986. The molecule has 0 heterocycles. The molecule has 1 unspecified atom stereocenters. The van der Waals surface area contributed by atoms with Crippen LogP contribution in [0.15, 0.2) is 29.4 Å². The number of benzene rings is 1. The molecule has 18 heavy (non-hydrogen) atoms. The van der Waals surface area contributed by atoms with Crippen molar-refractivity contribution in [2.45, 2.75) is 32.4 Å². The summed E-state index contributed by atoms with van der Waals surface area (Å²) < 4.78 is 0. The zero-order valence-corrected chi connectivity index (χ0v) is 10.6. The Kier molecular flexibility index (Phi) is 6.18. The molecule has 1 atom stereocenters. The Morgan fingerprint density at radius 3 is 2.83 bits per heavy atom. The highest BCUT2D eigenvalue weighted by molar-refractivity contribution is 5.98. The third kappa shape index (κ3) is 4.35. The molecule has 0 saturated carbocycles. The minimum Gasteiger partial charge on any atom is -0.409 e. The maximum Gasteiger partial charge on any atom is 0.170 e. The molecular formula is C13H21N3O2. The summed E-state index contributed by atoms with van der Waals surface area (Å²) in [5, 5.41) is 24.5. The summed E-state index contributed by atoms with van der Waals surface area (Å²) >= 11 is 0. The maximum absolute atomic E-state index is 9.60. The van der Waals surface area contributed by atoms with E-state index in [2.05, 4.69) is 10.5 Å². The number of hydrogen-bond acceptors (Lipinski definition) is 4. The van der Waals surface area contributed by atoms with Crippen molar-refractivity contribution in [1.29, 1.82) is 0 Å². The highest BCUT2D eigenvalue weighted by Crippen LogP contribution is 2.08. The van der Waals surface area contributed by atoms with Crippen molar-refractivity contribution in [3.05, 3.63) is 35.4 Å². The van der Waals surface area contributed by atoms with Crippen LogP contribution in [-0.4, -0.2) is 28.8 Å². The predicted octanol–water partition coefficient (Wildman–Crippen LogP) is 1.03. The summed E-state index contributed by atoms with van der Waals surface area (Å²) in [6.07, 6.45) is 1.42. The van der Waals surface area contributed by atoms with E-state index in [9.17, 15) is 5.11 Å². The van der Waals surface area contributed by atoms with Crippen LogP contribution in [0.1, 0.15) is 30.9 Å². The quantitative estimate of drug-likeness (QED) is 0.252. The van der Waals surface area contributed by atoms with Gasteiger partial charge in [0.1, 0.15) is 0 Å². The van der Waals surface area contributed by atoms with Crippen LogP contribution in [0.25, 0.3) is 0 Å². The molecule has 0 saturated heterocycles. The highest BCUT2D eigenvalue weighted by Gasteiger charge is 2.07. The van der Waals surface area contributed by atoms with Crippen LogP contribution in [-0.2, 0) is 6.54 Å². The van der Waals surface area contributed by atoms with Gasteiger partial charge in [0.2, 0.25) is 0 Å². The summed E-state index contributed by atoms with van der Waals surface area (Å²) in [6, 6.07) is 7.44. The van der Waals surface area contributed by atoms with Gasteiger partial charge in [0.15, 0.2) is 5.84 Å². The molecule has 0 spiro atoms. The molecule has 0 fully saturated rings. The van der Waals surface area contributed by atoms with Crippen LogP contribution in [0.3, 0.4) is 0 Å². The van der Waals surface area contributed by atoms with E-state index in [0.29, 0.717) is 18.7 Å². The average molecular weight is 251 g/mol. The van der Waals surface area contributed by atoms with Crippen LogP contribution in [0.4, 0.5) is 0 Å². The monoisotopic (exact) mass is 251 g/mol. The lowest BCUT2D eigenvalue weighted by Crippen LogP contribution is -2.27. The number of rotatable bonds is 7. The van der Waals surface area contributed by atoms with Gasteiger partial charge in [-0.25, -0.2) is 0 Å². The van der Waals surface area contributed by atoms with Crippen LogP contribution >= 0.6 is 0 Å². The van der Waals surface area contributed by atoms with Crippen molar-refractivity contribution in [1.82, 2.24) is 5.32 Å². The molecule has 5 nitrogen and oxygen atoms in total. The van der Waals surface area contributed by atoms with E-state index in [-0.39, 0.29) is 11.9 Å². The first-order valence-electron chi connectivity index (χ1n) is 6.13. The van der Waals surface area contributed by atoms with Gasteiger partial charge in [0, 0.05) is 18.7 Å². The molecule has 5 N–H and O–H groups in total. The van der Waals surface area contributed by atoms with E-state index in [1.165, 1.54) is 0 Å². The zero-order chi connectivity index (χ0) is 13.4. The molecule has 100 valence electrons. The largest absolute Gasteiger partial charge is 0.409 e. The molecule has 0 aromatic heterocycles. The molecule has 1 aromatic rings. The standard InChI is InChI=1S/C13H21N3O2/c1-2-5-11(17)9-15-8-10-6-3-4-7-12(10)13(14)16-18/h3-4,6-7,11,15,17-18H,2,5,8-9H2,1H3,(H2,14,16). The Morgan fingerprint density at radius 1 is 1.44 bits per heavy atom. The van der Waals surface area contributed by atoms with Gasteiger partial charge in [-0.05, 0) is 12.0 Å². The van der Waals surface area contributed by atoms with E-state index >= 15 is 0 Å². The van der Waals surface area contributed by atoms with Gasteiger partial charge in [0.05, 0.1) is 6.10 Å². The van der Waals surface area contributed by atoms with Crippen LogP contribution < -0.4 is 11.1 Å². The summed E-state index contributed by atoms with van der Waals surface area (Å²) in [7, 11) is 0. The Labute approximate surface area is 107 Å². The number of aliphatic hydroxyl groups excluding tert-OH is 1. The van der Waals surface area contributed by atoms with Crippen LogP contribution in [0, 0.1) is 0 Å². The van der Waals surface area contributed by atoms with Crippen molar-refractivity contribution in [2.75, 3.05) is 6.54 Å². The molecule has 0 amide bonds. The Balaban J connectivity index is 2.57. The molecule has 0 radical (unpaired) electrons. The maximum atomic E-state index is 9.60. The van der Waals surface area contributed by atoms with Gasteiger partial charge in [-0.2, -0.15) is 0 Å². The number of amidine groups is 1. The molecule has 0 aliphatic rings. The zero-order valence-electron chi connectivity index (χ0n) is 10.6. The van der Waals surface area contributed by atoms with Gasteiger partial charge in [-0.1, -0.05) is 42.8 Å². The lowest BCUT2D eigenvalue weighted by atomic mass is 10.1. The second kappa shape index (κ2) is 7.68. The number of hydrogen-bond donors (Lipinski definition) is 4. The fraction of sp³-hybridized carbons (Fsp3) is 0.462. The van der Waals surface area contributed by atoms with Gasteiger partial charge in [-0.15, -0.1) is 0 Å². The molecule has 0 aliphatic carbocycles. The Bertz CT molecular complexity index is 394. The van der Waals surface area contributed by atoms with Crippen LogP contribution in [0.5, 0.6) is 0 Å². The third-order valence-corrected chi connectivity index (χ3v) is 2.72. The fourth-order valence-corrected chi connectivity index (χ4v) is 1.79. The molecular weight excluding hydrogens is 230 g/mol. The fourth-order valence-electron chi connectivity index (χ4n) is 1.79. The smallest absolute Gasteiger partial charge is 0.170 e. The molecule has 0 bridgehead atoms. The first-order chi connectivity index (χ1) is 8.69. The van der Waals surface area contributed by atoms with Crippen molar-refractivity contribution < 1.29 is 10.3 Å². The van der Waals surface area contributed by atoms with E-state index in [1.807, 2.05) is 25.1 Å². The summed E-state index contributed by atoms with van der Waals surface area (Å²) in [5.41, 5.74) is 7.24. The van der Waals surface area contributed by atoms with Gasteiger partial charge < -0.3 is 21.4 Å². The van der Waals surface area contributed by atoms with E-state index in [4.69, 9.17) is 10.9 Å². The Hall–Kier alpha value is -1.59. The molecule has 1 rings (SSSR count). The first kappa shape index (κ1) is 14.5. The number of oxime groups is 1. The lowest BCUT2D eigenvalue weighted by molar-refractivity contribution is 0.160. The van der Waals surface area contributed by atoms with Crippen molar-refractivity contribution in [3.8, 4) is 0 Å². The molecule has 5 heteroatoms.